The molecule has 6 nitrogen and oxygen atoms in total. The van der Waals surface area contributed by atoms with Crippen LogP contribution in [0.1, 0.15) is 11.8 Å². The molecule has 118 valence electrons. The summed E-state index contributed by atoms with van der Waals surface area (Å²) in [6, 6.07) is 7.20. The third-order valence-electron chi connectivity index (χ3n) is 3.00. The van der Waals surface area contributed by atoms with E-state index in [4.69, 9.17) is 11.6 Å². The van der Waals surface area contributed by atoms with Crippen LogP contribution in [0.15, 0.2) is 40.6 Å². The van der Waals surface area contributed by atoms with Crippen molar-refractivity contribution >= 4 is 38.6 Å². The Morgan fingerprint density at radius 3 is 2.64 bits per heavy atom. The van der Waals surface area contributed by atoms with E-state index in [-0.39, 0.29) is 23.0 Å². The van der Waals surface area contributed by atoms with Gasteiger partial charge >= 0.3 is 0 Å². The van der Waals surface area contributed by atoms with Crippen molar-refractivity contribution < 1.29 is 13.3 Å². The average Bonchev–Trinajstić information content (AvgIpc) is 2.97. The van der Waals surface area contributed by atoms with Crippen LogP contribution in [-0.4, -0.2) is 24.2 Å². The minimum atomic E-state index is -3.98. The van der Waals surface area contributed by atoms with Gasteiger partial charge in [0.05, 0.1) is 4.92 Å². The first-order valence-electron chi connectivity index (χ1n) is 6.32. The summed E-state index contributed by atoms with van der Waals surface area (Å²) in [5.74, 6) is 0. The van der Waals surface area contributed by atoms with Crippen LogP contribution in [0.25, 0.3) is 0 Å². The molecule has 22 heavy (non-hydrogen) atoms. The lowest BCUT2D eigenvalue weighted by molar-refractivity contribution is -0.387. The maximum absolute atomic E-state index is 12.7. The van der Waals surface area contributed by atoms with Crippen molar-refractivity contribution in [2.75, 3.05) is 6.54 Å². The molecule has 9 heteroatoms. The molecule has 0 N–H and O–H groups in total. The zero-order chi connectivity index (χ0) is 16.3. The Bertz CT molecular complexity index is 775. The Hall–Kier alpha value is -1.48. The fourth-order valence-electron chi connectivity index (χ4n) is 1.93. The molecule has 0 atom stereocenters. The zero-order valence-electron chi connectivity index (χ0n) is 11.6. The number of benzene rings is 1. The van der Waals surface area contributed by atoms with Gasteiger partial charge in [0.1, 0.15) is 0 Å². The number of nitrogens with zero attached hydrogens (tertiary/aromatic N) is 2. The highest BCUT2D eigenvalue weighted by Crippen LogP contribution is 2.30. The van der Waals surface area contributed by atoms with Crippen molar-refractivity contribution in [1.82, 2.24) is 4.31 Å². The highest BCUT2D eigenvalue weighted by molar-refractivity contribution is 7.89. The van der Waals surface area contributed by atoms with E-state index in [2.05, 4.69) is 0 Å². The Labute approximate surface area is 137 Å². The van der Waals surface area contributed by atoms with Gasteiger partial charge in [-0.2, -0.15) is 4.31 Å². The SMILES string of the molecule is CCN(Cc1cccs1)S(=O)(=O)c1ccc(Cl)cc1[N+](=O)[O-]. The molecule has 0 saturated heterocycles. The molecule has 0 aliphatic carbocycles. The van der Waals surface area contributed by atoms with Crippen molar-refractivity contribution in [2.24, 2.45) is 0 Å². The number of nitro groups is 1. The van der Waals surface area contributed by atoms with Gasteiger partial charge < -0.3 is 0 Å². The maximum Gasteiger partial charge on any atom is 0.290 e. The topological polar surface area (TPSA) is 80.5 Å². The van der Waals surface area contributed by atoms with Gasteiger partial charge in [-0.1, -0.05) is 24.6 Å². The van der Waals surface area contributed by atoms with E-state index in [1.54, 1.807) is 6.92 Å². The van der Waals surface area contributed by atoms with Crippen LogP contribution in [0.3, 0.4) is 0 Å². The molecular formula is C13H13ClN2O4S2. The quantitative estimate of drug-likeness (QED) is 0.583. The predicted octanol–water partition coefficient (Wildman–Crippen LogP) is 3.52. The average molecular weight is 361 g/mol. The van der Waals surface area contributed by atoms with Gasteiger partial charge in [0, 0.05) is 29.1 Å². The van der Waals surface area contributed by atoms with Gasteiger partial charge in [-0.25, -0.2) is 8.42 Å². The normalized spacial score (nSPS) is 11.8. The van der Waals surface area contributed by atoms with Crippen molar-refractivity contribution in [2.45, 2.75) is 18.4 Å². The molecule has 0 unspecified atom stereocenters. The molecule has 0 saturated carbocycles. The van der Waals surface area contributed by atoms with E-state index in [0.29, 0.717) is 0 Å². The summed E-state index contributed by atoms with van der Waals surface area (Å²) >= 11 is 7.16. The monoisotopic (exact) mass is 360 g/mol. The van der Waals surface area contributed by atoms with Gasteiger partial charge in [-0.3, -0.25) is 10.1 Å². The number of nitro benzene ring substituents is 1. The summed E-state index contributed by atoms with van der Waals surface area (Å²) in [6.07, 6.45) is 0. The van der Waals surface area contributed by atoms with Gasteiger partial charge in [-0.15, -0.1) is 11.3 Å². The molecule has 0 aliphatic heterocycles. The number of sulfonamides is 1. The minimum Gasteiger partial charge on any atom is -0.258 e. The summed E-state index contributed by atoms with van der Waals surface area (Å²) in [5, 5.41) is 13.1. The third-order valence-corrected chi connectivity index (χ3v) is 6.06. The van der Waals surface area contributed by atoms with Crippen LogP contribution in [-0.2, 0) is 16.6 Å². The first-order chi connectivity index (χ1) is 10.4. The molecule has 1 aromatic heterocycles. The van der Waals surface area contributed by atoms with Gasteiger partial charge in [0.2, 0.25) is 10.0 Å². The second kappa shape index (κ2) is 6.74. The second-order valence-electron chi connectivity index (χ2n) is 4.38. The van der Waals surface area contributed by atoms with Crippen molar-refractivity contribution in [1.29, 1.82) is 0 Å². The van der Waals surface area contributed by atoms with Gasteiger partial charge in [-0.05, 0) is 23.6 Å². The van der Waals surface area contributed by atoms with Crippen LogP contribution in [0.2, 0.25) is 5.02 Å². The van der Waals surface area contributed by atoms with Crippen molar-refractivity contribution in [3.8, 4) is 0 Å². The lowest BCUT2D eigenvalue weighted by atomic mass is 10.3. The fourth-order valence-corrected chi connectivity index (χ4v) is 4.47. The van der Waals surface area contributed by atoms with Crippen LogP contribution in [0, 0.1) is 10.1 Å². The predicted molar refractivity (Wildman–Crippen MR) is 85.7 cm³/mol. The first kappa shape index (κ1) is 16.9. The fraction of sp³-hybridized carbons (Fsp3) is 0.231. The molecule has 2 rings (SSSR count). The first-order valence-corrected chi connectivity index (χ1v) is 9.02. The van der Waals surface area contributed by atoms with E-state index in [1.165, 1.54) is 27.8 Å². The molecule has 0 aliphatic rings. The maximum atomic E-state index is 12.7. The van der Waals surface area contributed by atoms with Gasteiger partial charge in [0.25, 0.3) is 5.69 Å². The largest absolute Gasteiger partial charge is 0.290 e. The summed E-state index contributed by atoms with van der Waals surface area (Å²) in [6.45, 7) is 2.07. The van der Waals surface area contributed by atoms with E-state index in [0.717, 1.165) is 10.9 Å². The number of hydrogen-bond donors (Lipinski definition) is 0. The number of halogens is 1. The number of hydrogen-bond acceptors (Lipinski definition) is 5. The minimum absolute atomic E-state index is 0.118. The Kier molecular flexibility index (Phi) is 5.17. The third kappa shape index (κ3) is 3.46. The molecule has 0 radical (unpaired) electrons. The molecule has 0 amide bonds. The van der Waals surface area contributed by atoms with Crippen LogP contribution < -0.4 is 0 Å². The number of thiophene rings is 1. The van der Waals surface area contributed by atoms with Crippen molar-refractivity contribution in [3.63, 3.8) is 0 Å². The zero-order valence-corrected chi connectivity index (χ0v) is 14.0. The Morgan fingerprint density at radius 1 is 1.36 bits per heavy atom. The molecule has 0 bridgehead atoms. The summed E-state index contributed by atoms with van der Waals surface area (Å²) in [7, 11) is -3.98. The molecule has 2 aromatic rings. The molecule has 0 spiro atoms. The van der Waals surface area contributed by atoms with E-state index >= 15 is 0 Å². The lowest BCUT2D eigenvalue weighted by Gasteiger charge is -2.19. The lowest BCUT2D eigenvalue weighted by Crippen LogP contribution is -2.30. The van der Waals surface area contributed by atoms with Crippen molar-refractivity contribution in [3.05, 3.63) is 55.7 Å². The van der Waals surface area contributed by atoms with E-state index in [9.17, 15) is 18.5 Å². The highest BCUT2D eigenvalue weighted by Gasteiger charge is 2.31. The van der Waals surface area contributed by atoms with Gasteiger partial charge in [0.15, 0.2) is 4.90 Å². The molecule has 0 fully saturated rings. The smallest absolute Gasteiger partial charge is 0.258 e. The molecule has 1 heterocycles. The Balaban J connectivity index is 2.46. The van der Waals surface area contributed by atoms with Crippen LogP contribution in [0.5, 0.6) is 0 Å². The van der Waals surface area contributed by atoms with E-state index in [1.807, 2.05) is 17.5 Å². The van der Waals surface area contributed by atoms with Crippen LogP contribution in [0.4, 0.5) is 5.69 Å². The summed E-state index contributed by atoms with van der Waals surface area (Å²) in [5.41, 5.74) is -0.517. The molecular weight excluding hydrogens is 348 g/mol. The summed E-state index contributed by atoms with van der Waals surface area (Å²) in [4.78, 5) is 10.9. The Morgan fingerprint density at radius 2 is 2.09 bits per heavy atom. The summed E-state index contributed by atoms with van der Waals surface area (Å²) < 4.78 is 26.6. The standard InChI is InChI=1S/C13H13ClN2O4S2/c1-2-15(9-11-4-3-7-21-11)22(19,20)13-6-5-10(14)8-12(13)16(17)18/h3-8H,2,9H2,1H3. The second-order valence-corrected chi connectivity index (χ2v) is 7.75. The highest BCUT2D eigenvalue weighted by atomic mass is 35.5. The number of rotatable bonds is 6. The molecule has 1 aromatic carbocycles. The van der Waals surface area contributed by atoms with Crippen LogP contribution >= 0.6 is 22.9 Å². The van der Waals surface area contributed by atoms with E-state index < -0.39 is 20.6 Å².